The van der Waals surface area contributed by atoms with Gasteiger partial charge in [0.05, 0.1) is 23.4 Å². The van der Waals surface area contributed by atoms with Gasteiger partial charge in [-0.2, -0.15) is 5.10 Å². The number of esters is 1. The maximum absolute atomic E-state index is 13.2. The number of rotatable bonds is 7. The van der Waals surface area contributed by atoms with Gasteiger partial charge in [-0.05, 0) is 52.0 Å². The number of nitrogens with zero attached hydrogens (tertiary/aromatic N) is 4. The lowest BCUT2D eigenvalue weighted by Gasteiger charge is -2.34. The lowest BCUT2D eigenvalue weighted by atomic mass is 10.00. The number of hydrogen-bond acceptors (Lipinski definition) is 7. The Kier molecular flexibility index (Phi) is 5.86. The number of imidazole rings is 1. The molecule has 3 N–H and O–H groups in total. The molecule has 4 rings (SSSR count). The quantitative estimate of drug-likeness (QED) is 0.401. The zero-order valence-corrected chi connectivity index (χ0v) is 19.4. The van der Waals surface area contributed by atoms with E-state index < -0.39 is 23.3 Å². The molecular weight excluding hydrogens is 440 g/mol. The number of nitrogens with two attached hydrogens (primary N) is 1. The van der Waals surface area contributed by atoms with E-state index in [2.05, 4.69) is 15.4 Å². The number of aryl methyl sites for hydroxylation is 2. The number of nitrogens with one attached hydrogen (secondary N) is 1. The van der Waals surface area contributed by atoms with Crippen molar-refractivity contribution >= 4 is 34.8 Å². The molecule has 178 valence electrons. The van der Waals surface area contributed by atoms with E-state index >= 15 is 0 Å². The smallest absolute Gasteiger partial charge is 0.330 e. The average Bonchev–Trinajstić information content (AvgIpc) is 3.36. The van der Waals surface area contributed by atoms with Crippen LogP contribution in [0.1, 0.15) is 47.3 Å². The summed E-state index contributed by atoms with van der Waals surface area (Å²) >= 11 is 0. The van der Waals surface area contributed by atoms with Gasteiger partial charge in [0.2, 0.25) is 11.9 Å². The Bertz CT molecular complexity index is 1340. The van der Waals surface area contributed by atoms with Gasteiger partial charge in [0.1, 0.15) is 23.6 Å². The van der Waals surface area contributed by atoms with Crippen LogP contribution in [0.3, 0.4) is 0 Å². The summed E-state index contributed by atoms with van der Waals surface area (Å²) in [5.41, 5.74) is 6.88. The number of carbonyl (C=O) groups is 3. The van der Waals surface area contributed by atoms with Gasteiger partial charge in [0, 0.05) is 18.2 Å². The highest BCUT2D eigenvalue weighted by atomic mass is 16.5. The Labute approximate surface area is 195 Å². The molecule has 1 atom stereocenters. The predicted octanol–water partition coefficient (Wildman–Crippen LogP) is 2.14. The normalized spacial score (nSPS) is 17.1. The van der Waals surface area contributed by atoms with Gasteiger partial charge in [-0.25, -0.2) is 9.78 Å². The summed E-state index contributed by atoms with van der Waals surface area (Å²) < 4.78 is 14.3. The van der Waals surface area contributed by atoms with E-state index in [-0.39, 0.29) is 24.7 Å². The third-order valence-corrected chi connectivity index (χ3v) is 5.56. The SMILES string of the molecule is CCOC(=O)/C=C/C1(C)COc2cc(C(N)=O)cc3nc(NC(=O)c4cc(C)nn4CC)n1c23. The minimum absolute atomic E-state index is 0.110. The van der Waals surface area contributed by atoms with E-state index in [9.17, 15) is 14.4 Å². The zero-order valence-electron chi connectivity index (χ0n) is 19.4. The van der Waals surface area contributed by atoms with Crippen LogP contribution < -0.4 is 15.8 Å². The van der Waals surface area contributed by atoms with Crippen molar-refractivity contribution in [2.45, 2.75) is 39.8 Å². The van der Waals surface area contributed by atoms with Crippen LogP contribution in [-0.4, -0.2) is 50.3 Å². The van der Waals surface area contributed by atoms with Gasteiger partial charge in [0.25, 0.3) is 5.91 Å². The van der Waals surface area contributed by atoms with Crippen LogP contribution in [-0.2, 0) is 21.6 Å². The first kappa shape index (κ1) is 23.0. The molecule has 34 heavy (non-hydrogen) atoms. The molecule has 0 saturated carbocycles. The lowest BCUT2D eigenvalue weighted by Crippen LogP contribution is -2.39. The van der Waals surface area contributed by atoms with Crippen LogP contribution in [0, 0.1) is 6.92 Å². The van der Waals surface area contributed by atoms with Gasteiger partial charge in [0.15, 0.2) is 0 Å². The minimum Gasteiger partial charge on any atom is -0.488 e. The number of primary amides is 1. The first-order valence-electron chi connectivity index (χ1n) is 10.9. The molecular formula is C23H26N6O5. The zero-order chi connectivity index (χ0) is 24.6. The molecule has 1 unspecified atom stereocenters. The van der Waals surface area contributed by atoms with Gasteiger partial charge in [-0.15, -0.1) is 0 Å². The Hall–Kier alpha value is -4.15. The summed E-state index contributed by atoms with van der Waals surface area (Å²) in [6.45, 7) is 8.14. The molecule has 0 aliphatic carbocycles. The summed E-state index contributed by atoms with van der Waals surface area (Å²) in [6.07, 6.45) is 2.97. The van der Waals surface area contributed by atoms with Gasteiger partial charge in [-0.3, -0.25) is 24.2 Å². The Morgan fingerprint density at radius 1 is 1.29 bits per heavy atom. The number of ether oxygens (including phenoxy) is 2. The fraction of sp³-hybridized carbons (Fsp3) is 0.348. The molecule has 2 amide bonds. The molecule has 0 fully saturated rings. The third kappa shape index (κ3) is 4.00. The molecule has 2 aromatic heterocycles. The Morgan fingerprint density at radius 2 is 2.06 bits per heavy atom. The standard InChI is InChI=1S/C23H26N6O5/c1-5-28-16(9-13(3)27-28)21(32)26-22-25-15-10-14(20(24)31)11-17-19(15)29(22)23(4,12-34-17)8-7-18(30)33-6-2/h7-11H,5-6,12H2,1-4H3,(H2,24,31)(H,25,26,32)/b8-7+. The highest BCUT2D eigenvalue weighted by Crippen LogP contribution is 2.40. The number of aromatic nitrogens is 4. The molecule has 11 nitrogen and oxygen atoms in total. The number of hydrogen-bond donors (Lipinski definition) is 2. The maximum Gasteiger partial charge on any atom is 0.330 e. The van der Waals surface area contributed by atoms with E-state index in [1.54, 1.807) is 34.4 Å². The van der Waals surface area contributed by atoms with Gasteiger partial charge < -0.3 is 15.2 Å². The van der Waals surface area contributed by atoms with Crippen molar-refractivity contribution in [1.29, 1.82) is 0 Å². The van der Waals surface area contributed by atoms with Crippen LogP contribution in [0.4, 0.5) is 5.95 Å². The maximum atomic E-state index is 13.2. The summed E-state index contributed by atoms with van der Waals surface area (Å²) in [6, 6.07) is 4.77. The summed E-state index contributed by atoms with van der Waals surface area (Å²) in [4.78, 5) is 41.6. The number of benzene rings is 1. The van der Waals surface area contributed by atoms with Gasteiger partial charge in [-0.1, -0.05) is 0 Å². The molecule has 1 aliphatic heterocycles. The molecule has 0 radical (unpaired) electrons. The van der Waals surface area contributed by atoms with E-state index in [0.717, 1.165) is 0 Å². The molecule has 1 aliphatic rings. The van der Waals surface area contributed by atoms with Crippen molar-refractivity contribution in [3.05, 3.63) is 47.3 Å². The number of anilines is 1. The Balaban J connectivity index is 1.85. The molecule has 3 aromatic rings. The van der Waals surface area contributed by atoms with Gasteiger partial charge >= 0.3 is 5.97 Å². The fourth-order valence-electron chi connectivity index (χ4n) is 3.99. The molecule has 0 saturated heterocycles. The molecule has 0 bridgehead atoms. The number of amides is 2. The van der Waals surface area contributed by atoms with Crippen LogP contribution in [0.25, 0.3) is 11.0 Å². The second kappa shape index (κ2) is 8.65. The van der Waals surface area contributed by atoms with Crippen molar-refractivity contribution < 1.29 is 23.9 Å². The average molecular weight is 466 g/mol. The van der Waals surface area contributed by atoms with Crippen LogP contribution in [0.2, 0.25) is 0 Å². The van der Waals surface area contributed by atoms with Crippen LogP contribution in [0.15, 0.2) is 30.4 Å². The highest BCUT2D eigenvalue weighted by Gasteiger charge is 2.36. The second-order valence-corrected chi connectivity index (χ2v) is 8.15. The Morgan fingerprint density at radius 3 is 2.74 bits per heavy atom. The van der Waals surface area contributed by atoms with Crippen molar-refractivity contribution in [1.82, 2.24) is 19.3 Å². The monoisotopic (exact) mass is 466 g/mol. The van der Waals surface area contributed by atoms with Crippen molar-refractivity contribution in [2.24, 2.45) is 5.73 Å². The van der Waals surface area contributed by atoms with Crippen LogP contribution in [0.5, 0.6) is 5.75 Å². The topological polar surface area (TPSA) is 143 Å². The predicted molar refractivity (Wildman–Crippen MR) is 124 cm³/mol. The molecule has 1 aromatic carbocycles. The molecule has 11 heteroatoms. The third-order valence-electron chi connectivity index (χ3n) is 5.56. The van der Waals surface area contributed by atoms with Crippen molar-refractivity contribution in [3.63, 3.8) is 0 Å². The fourth-order valence-corrected chi connectivity index (χ4v) is 3.99. The van der Waals surface area contributed by atoms with E-state index in [1.165, 1.54) is 12.1 Å². The van der Waals surface area contributed by atoms with Crippen molar-refractivity contribution in [3.8, 4) is 5.75 Å². The molecule has 3 heterocycles. The summed E-state index contributed by atoms with van der Waals surface area (Å²) in [5, 5.41) is 7.19. The minimum atomic E-state index is -0.897. The van der Waals surface area contributed by atoms with E-state index in [0.29, 0.717) is 34.7 Å². The summed E-state index contributed by atoms with van der Waals surface area (Å²) in [7, 11) is 0. The summed E-state index contributed by atoms with van der Waals surface area (Å²) in [5.74, 6) is -0.893. The lowest BCUT2D eigenvalue weighted by molar-refractivity contribution is -0.137. The first-order chi connectivity index (χ1) is 16.2. The van der Waals surface area contributed by atoms with E-state index in [4.69, 9.17) is 15.2 Å². The molecule has 0 spiro atoms. The van der Waals surface area contributed by atoms with Crippen LogP contribution >= 0.6 is 0 Å². The largest absolute Gasteiger partial charge is 0.488 e. The van der Waals surface area contributed by atoms with Crippen molar-refractivity contribution in [2.75, 3.05) is 18.5 Å². The highest BCUT2D eigenvalue weighted by molar-refractivity contribution is 6.04. The van der Waals surface area contributed by atoms with E-state index in [1.807, 2.05) is 20.8 Å². The number of carbonyl (C=O) groups excluding carboxylic acids is 3. The first-order valence-corrected chi connectivity index (χ1v) is 10.9. The second-order valence-electron chi connectivity index (χ2n) is 8.15.